The van der Waals surface area contributed by atoms with Crippen molar-refractivity contribution >= 4 is 23.5 Å². The molecule has 3 aliphatic heterocycles. The molecular weight excluding hydrogens is 446 g/mol. The van der Waals surface area contributed by atoms with E-state index in [0.717, 1.165) is 5.56 Å². The van der Waals surface area contributed by atoms with Crippen LogP contribution in [0.15, 0.2) is 66.7 Å². The minimum Gasteiger partial charge on any atom is -0.481 e. The quantitative estimate of drug-likeness (QED) is 0.578. The van der Waals surface area contributed by atoms with E-state index in [0.29, 0.717) is 16.5 Å². The second kappa shape index (κ2) is 7.23. The van der Waals surface area contributed by atoms with Crippen LogP contribution in [0.3, 0.4) is 0 Å². The van der Waals surface area contributed by atoms with Gasteiger partial charge in [-0.15, -0.1) is 5.10 Å². The molecule has 4 heterocycles. The van der Waals surface area contributed by atoms with Crippen LogP contribution in [0.1, 0.15) is 17.4 Å². The molecule has 0 unspecified atom stereocenters. The number of fused-ring (bicyclic) bond motifs is 1. The lowest BCUT2D eigenvalue weighted by Crippen LogP contribution is -2.39. The fraction of sp³-hybridized carbons (Fsp3) is 0.261. The minimum atomic E-state index is -1.03. The first kappa shape index (κ1) is 20.1. The monoisotopic (exact) mass is 463 g/mol. The molecule has 2 aromatic carbocycles. The van der Waals surface area contributed by atoms with E-state index < -0.39 is 35.6 Å². The first-order valence-corrected chi connectivity index (χ1v) is 10.9. The molecule has 3 aromatic rings. The van der Waals surface area contributed by atoms with Crippen molar-refractivity contribution in [2.75, 3.05) is 6.54 Å². The standard InChI is InChI=1S/C23H18ClN5O4/c24-14-6-8-15(9-7-14)29-20(25-26-27-29)19(13-4-2-1-3-5-13)28-12-23-11-10-16(33-23)17(22(31)32)18(23)21(28)30/h1-11,16-19H,12H2,(H,31,32)/t16-,17+,18-,19-,23+/m1/s1. The summed E-state index contributed by atoms with van der Waals surface area (Å²) in [4.78, 5) is 27.4. The molecule has 33 heavy (non-hydrogen) atoms. The second-order valence-electron chi connectivity index (χ2n) is 8.44. The Labute approximate surface area is 193 Å². The number of ether oxygens (including phenoxy) is 1. The summed E-state index contributed by atoms with van der Waals surface area (Å²) in [6.45, 7) is 0.209. The van der Waals surface area contributed by atoms with Crippen LogP contribution in [0.5, 0.6) is 0 Å². The van der Waals surface area contributed by atoms with Gasteiger partial charge in [0.05, 0.1) is 24.3 Å². The molecule has 5 atom stereocenters. The number of amides is 1. The number of carbonyl (C=O) groups is 2. The molecule has 1 spiro atoms. The number of hydrogen-bond donors (Lipinski definition) is 1. The molecule has 1 N–H and O–H groups in total. The Bertz CT molecular complexity index is 1280. The van der Waals surface area contributed by atoms with E-state index in [2.05, 4.69) is 15.5 Å². The number of hydrogen-bond acceptors (Lipinski definition) is 6. The lowest BCUT2D eigenvalue weighted by atomic mass is 9.77. The van der Waals surface area contributed by atoms with Gasteiger partial charge >= 0.3 is 5.97 Å². The van der Waals surface area contributed by atoms with Crippen molar-refractivity contribution in [3.8, 4) is 5.69 Å². The van der Waals surface area contributed by atoms with Gasteiger partial charge in [-0.1, -0.05) is 54.1 Å². The molecule has 9 nitrogen and oxygen atoms in total. The maximum absolute atomic E-state index is 13.7. The molecule has 0 saturated carbocycles. The van der Waals surface area contributed by atoms with Crippen LogP contribution in [0.25, 0.3) is 5.69 Å². The van der Waals surface area contributed by atoms with Crippen LogP contribution in [0.4, 0.5) is 0 Å². The van der Waals surface area contributed by atoms with E-state index in [9.17, 15) is 14.7 Å². The van der Waals surface area contributed by atoms with Gasteiger partial charge in [0, 0.05) is 5.02 Å². The van der Waals surface area contributed by atoms with Crippen molar-refractivity contribution in [3.05, 3.63) is 83.2 Å². The Morgan fingerprint density at radius 3 is 2.67 bits per heavy atom. The van der Waals surface area contributed by atoms with E-state index in [1.54, 1.807) is 39.9 Å². The zero-order chi connectivity index (χ0) is 22.7. The first-order valence-electron chi connectivity index (χ1n) is 10.5. The van der Waals surface area contributed by atoms with Crippen LogP contribution < -0.4 is 0 Å². The van der Waals surface area contributed by atoms with Gasteiger partial charge in [0.2, 0.25) is 5.91 Å². The number of halogens is 1. The van der Waals surface area contributed by atoms with Crippen molar-refractivity contribution in [2.24, 2.45) is 11.8 Å². The van der Waals surface area contributed by atoms with Crippen LogP contribution in [0, 0.1) is 11.8 Å². The zero-order valence-corrected chi connectivity index (χ0v) is 17.9. The predicted octanol–water partition coefficient (Wildman–Crippen LogP) is 2.27. The average molecular weight is 464 g/mol. The summed E-state index contributed by atoms with van der Waals surface area (Å²) in [7, 11) is 0. The van der Waals surface area contributed by atoms with Crippen LogP contribution in [-0.2, 0) is 14.3 Å². The molecule has 0 aliphatic carbocycles. The summed E-state index contributed by atoms with van der Waals surface area (Å²) in [5, 5.41) is 22.7. The predicted molar refractivity (Wildman–Crippen MR) is 116 cm³/mol. The van der Waals surface area contributed by atoms with Crippen molar-refractivity contribution in [1.29, 1.82) is 0 Å². The van der Waals surface area contributed by atoms with Crippen LogP contribution >= 0.6 is 11.6 Å². The van der Waals surface area contributed by atoms with Gasteiger partial charge in [-0.3, -0.25) is 9.59 Å². The molecule has 2 saturated heterocycles. The van der Waals surface area contributed by atoms with Crippen LogP contribution in [-0.4, -0.2) is 60.3 Å². The zero-order valence-electron chi connectivity index (χ0n) is 17.2. The van der Waals surface area contributed by atoms with Gasteiger partial charge in [-0.2, -0.15) is 4.68 Å². The summed E-state index contributed by atoms with van der Waals surface area (Å²) in [6.07, 6.45) is 3.00. The number of benzene rings is 2. The van der Waals surface area contributed by atoms with Gasteiger partial charge in [0.15, 0.2) is 5.82 Å². The number of aliphatic carboxylic acids is 1. The SMILES string of the molecule is O=C(O)[C@H]1[C@H]2C=C[C@@]3(CN([C@H](c4ccccc4)c4nnnn4-c4ccc(Cl)cc4)C(=O)[C@@H]13)O2. The number of likely N-dealkylation sites (tertiary alicyclic amines) is 1. The van der Waals surface area contributed by atoms with E-state index in [4.69, 9.17) is 16.3 Å². The Morgan fingerprint density at radius 2 is 1.94 bits per heavy atom. The third-order valence-corrected chi connectivity index (χ3v) is 6.90. The number of carbonyl (C=O) groups excluding carboxylic acids is 1. The van der Waals surface area contributed by atoms with Gasteiger partial charge in [0.1, 0.15) is 17.6 Å². The summed E-state index contributed by atoms with van der Waals surface area (Å²) < 4.78 is 7.63. The number of carboxylic acid groups (broad SMARTS) is 1. The Hall–Kier alpha value is -3.56. The van der Waals surface area contributed by atoms with E-state index in [1.165, 1.54) is 0 Å². The maximum Gasteiger partial charge on any atom is 0.310 e. The molecule has 10 heteroatoms. The molecule has 3 aliphatic rings. The van der Waals surface area contributed by atoms with Gasteiger partial charge < -0.3 is 14.7 Å². The molecule has 0 radical (unpaired) electrons. The highest BCUT2D eigenvalue weighted by Gasteiger charge is 2.68. The molecule has 1 amide bonds. The van der Waals surface area contributed by atoms with Crippen molar-refractivity contribution in [2.45, 2.75) is 17.7 Å². The van der Waals surface area contributed by atoms with Gasteiger partial charge in [0.25, 0.3) is 0 Å². The normalized spacial score (nSPS) is 28.3. The van der Waals surface area contributed by atoms with E-state index in [1.807, 2.05) is 36.4 Å². The third kappa shape index (κ3) is 2.93. The molecule has 2 bridgehead atoms. The summed E-state index contributed by atoms with van der Waals surface area (Å²) >= 11 is 6.04. The molecule has 1 aromatic heterocycles. The Morgan fingerprint density at radius 1 is 1.18 bits per heavy atom. The summed E-state index contributed by atoms with van der Waals surface area (Å²) in [5.41, 5.74) is 0.527. The Kier molecular flexibility index (Phi) is 4.40. The highest BCUT2D eigenvalue weighted by atomic mass is 35.5. The third-order valence-electron chi connectivity index (χ3n) is 6.65. The van der Waals surface area contributed by atoms with E-state index in [-0.39, 0.29) is 12.5 Å². The lowest BCUT2D eigenvalue weighted by Gasteiger charge is -2.29. The lowest BCUT2D eigenvalue weighted by molar-refractivity contribution is -0.148. The molecule has 2 fully saturated rings. The van der Waals surface area contributed by atoms with Gasteiger partial charge in [-0.05, 0) is 40.3 Å². The fourth-order valence-electron chi connectivity index (χ4n) is 5.26. The molecular formula is C23H18ClN5O4. The number of carboxylic acids is 1. The molecule has 6 rings (SSSR count). The minimum absolute atomic E-state index is 0.209. The van der Waals surface area contributed by atoms with Crippen LogP contribution in [0.2, 0.25) is 5.02 Å². The van der Waals surface area contributed by atoms with E-state index >= 15 is 0 Å². The summed E-state index contributed by atoms with van der Waals surface area (Å²) in [6, 6.07) is 15.8. The van der Waals surface area contributed by atoms with Crippen molar-refractivity contribution in [3.63, 3.8) is 0 Å². The second-order valence-corrected chi connectivity index (χ2v) is 8.88. The smallest absolute Gasteiger partial charge is 0.310 e. The van der Waals surface area contributed by atoms with Crippen molar-refractivity contribution < 1.29 is 19.4 Å². The molecule has 166 valence electrons. The highest BCUT2D eigenvalue weighted by Crippen LogP contribution is 2.53. The fourth-order valence-corrected chi connectivity index (χ4v) is 5.39. The Balaban J connectivity index is 1.47. The number of aromatic nitrogens is 4. The number of tetrazole rings is 1. The van der Waals surface area contributed by atoms with Gasteiger partial charge in [-0.25, -0.2) is 0 Å². The largest absolute Gasteiger partial charge is 0.481 e. The first-order chi connectivity index (χ1) is 16.0. The highest BCUT2D eigenvalue weighted by molar-refractivity contribution is 6.30. The topological polar surface area (TPSA) is 110 Å². The number of rotatable bonds is 5. The van der Waals surface area contributed by atoms with Crippen molar-refractivity contribution in [1.82, 2.24) is 25.1 Å². The number of nitrogens with zero attached hydrogens (tertiary/aromatic N) is 5. The summed E-state index contributed by atoms with van der Waals surface area (Å²) in [5.74, 6) is -2.60. The maximum atomic E-state index is 13.7. The average Bonchev–Trinajstić information content (AvgIpc) is 3.57.